The molecule has 0 unspecified atom stereocenters. The molecule has 5 aromatic rings. The van der Waals surface area contributed by atoms with Gasteiger partial charge in [-0.25, -0.2) is 4.98 Å². The van der Waals surface area contributed by atoms with E-state index in [-0.39, 0.29) is 17.7 Å². The summed E-state index contributed by atoms with van der Waals surface area (Å²) in [4.78, 5) is 36.8. The van der Waals surface area contributed by atoms with E-state index in [1.54, 1.807) is 30.5 Å². The Hall–Kier alpha value is -4.04. The molecule has 0 aliphatic carbocycles. The molecule has 0 saturated heterocycles. The molecule has 0 radical (unpaired) electrons. The summed E-state index contributed by atoms with van der Waals surface area (Å²) in [6.45, 7) is 2.58. The van der Waals surface area contributed by atoms with Gasteiger partial charge in [0.2, 0.25) is 0 Å². The minimum absolute atomic E-state index is 0.0566. The number of carbonyl (C=O) groups is 1. The summed E-state index contributed by atoms with van der Waals surface area (Å²) >= 11 is 1.36. The fourth-order valence-electron chi connectivity index (χ4n) is 3.52. The first kappa shape index (κ1) is 20.8. The van der Waals surface area contributed by atoms with Gasteiger partial charge in [0.05, 0.1) is 28.9 Å². The van der Waals surface area contributed by atoms with E-state index in [9.17, 15) is 9.59 Å². The second-order valence-corrected chi connectivity index (χ2v) is 8.22. The Kier molecular flexibility index (Phi) is 5.58. The number of anilines is 1. The number of hydrogen-bond donors (Lipinski definition) is 0. The number of para-hydroxylation sites is 2. The molecule has 7 nitrogen and oxygen atoms in total. The van der Waals surface area contributed by atoms with Gasteiger partial charge in [0, 0.05) is 12.3 Å². The zero-order valence-corrected chi connectivity index (χ0v) is 18.5. The highest BCUT2D eigenvalue weighted by molar-refractivity contribution is 7.22. The van der Waals surface area contributed by atoms with Crippen LogP contribution >= 0.6 is 11.3 Å². The summed E-state index contributed by atoms with van der Waals surface area (Å²) in [7, 11) is 0. The molecule has 0 fully saturated rings. The van der Waals surface area contributed by atoms with E-state index < -0.39 is 5.91 Å². The fourth-order valence-corrected chi connectivity index (χ4v) is 4.50. The SMILES string of the molecule is CCOc1cccc2sc(N(Cc3ccccn3)C(=O)c3cc(=O)c4ccccc4o3)nc12. The lowest BCUT2D eigenvalue weighted by Crippen LogP contribution is -2.31. The third kappa shape index (κ3) is 4.08. The van der Waals surface area contributed by atoms with Crippen molar-refractivity contribution in [3.05, 3.63) is 94.6 Å². The molecule has 1 amide bonds. The van der Waals surface area contributed by atoms with Crippen LogP contribution in [0.25, 0.3) is 21.2 Å². The summed E-state index contributed by atoms with van der Waals surface area (Å²) in [5.74, 6) is 0.124. The Bertz CT molecular complexity index is 1510. The molecular weight excluding hydrogens is 438 g/mol. The molecule has 33 heavy (non-hydrogen) atoms. The van der Waals surface area contributed by atoms with E-state index in [1.807, 2.05) is 43.3 Å². The maximum Gasteiger partial charge on any atom is 0.296 e. The van der Waals surface area contributed by atoms with Gasteiger partial charge < -0.3 is 9.15 Å². The number of aromatic nitrogens is 2. The van der Waals surface area contributed by atoms with Crippen LogP contribution in [0.4, 0.5) is 5.13 Å². The van der Waals surface area contributed by atoms with Gasteiger partial charge in [0.1, 0.15) is 16.8 Å². The maximum absolute atomic E-state index is 13.6. The van der Waals surface area contributed by atoms with Crippen LogP contribution in [-0.2, 0) is 6.54 Å². The van der Waals surface area contributed by atoms with Crippen molar-refractivity contribution in [2.45, 2.75) is 13.5 Å². The molecule has 0 aliphatic rings. The quantitative estimate of drug-likeness (QED) is 0.355. The Morgan fingerprint density at radius 1 is 1.09 bits per heavy atom. The van der Waals surface area contributed by atoms with Gasteiger partial charge in [-0.3, -0.25) is 19.5 Å². The molecule has 8 heteroatoms. The lowest BCUT2D eigenvalue weighted by Gasteiger charge is -2.19. The molecule has 5 rings (SSSR count). The second kappa shape index (κ2) is 8.84. The summed E-state index contributed by atoms with van der Waals surface area (Å²) in [6, 6.07) is 19.2. The van der Waals surface area contributed by atoms with Gasteiger partial charge in [-0.05, 0) is 43.3 Å². The van der Waals surface area contributed by atoms with Gasteiger partial charge in [-0.1, -0.05) is 35.6 Å². The van der Waals surface area contributed by atoms with Crippen LogP contribution in [0.2, 0.25) is 0 Å². The molecule has 0 atom stereocenters. The van der Waals surface area contributed by atoms with Crippen LogP contribution in [0.5, 0.6) is 5.75 Å². The van der Waals surface area contributed by atoms with Gasteiger partial charge in [0.15, 0.2) is 16.3 Å². The van der Waals surface area contributed by atoms with Crippen LogP contribution in [-0.4, -0.2) is 22.5 Å². The van der Waals surface area contributed by atoms with Crippen LogP contribution in [0, 0.1) is 0 Å². The third-order valence-electron chi connectivity index (χ3n) is 5.04. The first-order chi connectivity index (χ1) is 16.1. The van der Waals surface area contributed by atoms with Crippen molar-refractivity contribution in [2.24, 2.45) is 0 Å². The predicted molar refractivity (Wildman–Crippen MR) is 128 cm³/mol. The normalized spacial score (nSPS) is 11.1. The largest absolute Gasteiger partial charge is 0.492 e. The standard InChI is InChI=1S/C25H19N3O4S/c1-2-31-20-11-7-12-22-23(20)27-25(33-22)28(15-16-8-5-6-13-26-16)24(30)21-14-18(29)17-9-3-4-10-19(17)32-21/h3-14H,2,15H2,1H3. The molecule has 0 N–H and O–H groups in total. The van der Waals surface area contributed by atoms with E-state index in [1.165, 1.54) is 22.3 Å². The fraction of sp³-hybridized carbons (Fsp3) is 0.120. The van der Waals surface area contributed by atoms with Crippen molar-refractivity contribution in [1.82, 2.24) is 9.97 Å². The van der Waals surface area contributed by atoms with Crippen LogP contribution in [0.15, 0.2) is 82.1 Å². The lowest BCUT2D eigenvalue weighted by molar-refractivity contribution is 0.0958. The smallest absolute Gasteiger partial charge is 0.296 e. The Morgan fingerprint density at radius 2 is 1.94 bits per heavy atom. The zero-order chi connectivity index (χ0) is 22.8. The van der Waals surface area contributed by atoms with Crippen LogP contribution in [0.1, 0.15) is 23.2 Å². The highest BCUT2D eigenvalue weighted by Crippen LogP contribution is 2.35. The molecule has 3 aromatic heterocycles. The molecule has 3 heterocycles. The lowest BCUT2D eigenvalue weighted by atomic mass is 10.2. The van der Waals surface area contributed by atoms with Crippen molar-refractivity contribution in [1.29, 1.82) is 0 Å². The maximum atomic E-state index is 13.6. The monoisotopic (exact) mass is 457 g/mol. The molecule has 164 valence electrons. The zero-order valence-electron chi connectivity index (χ0n) is 17.7. The van der Waals surface area contributed by atoms with E-state index in [0.29, 0.717) is 39.7 Å². The number of hydrogen-bond acceptors (Lipinski definition) is 7. The van der Waals surface area contributed by atoms with E-state index in [2.05, 4.69) is 4.98 Å². The van der Waals surface area contributed by atoms with Crippen molar-refractivity contribution < 1.29 is 13.9 Å². The minimum atomic E-state index is -0.472. The van der Waals surface area contributed by atoms with E-state index >= 15 is 0 Å². The van der Waals surface area contributed by atoms with Gasteiger partial charge in [0.25, 0.3) is 5.91 Å². The van der Waals surface area contributed by atoms with Gasteiger partial charge in [-0.2, -0.15) is 0 Å². The number of nitrogens with zero attached hydrogens (tertiary/aromatic N) is 3. The number of fused-ring (bicyclic) bond motifs is 2. The summed E-state index contributed by atoms with van der Waals surface area (Å²) < 4.78 is 12.4. The van der Waals surface area contributed by atoms with Crippen molar-refractivity contribution >= 4 is 43.6 Å². The van der Waals surface area contributed by atoms with Crippen LogP contribution in [0.3, 0.4) is 0 Å². The first-order valence-electron chi connectivity index (χ1n) is 10.4. The van der Waals surface area contributed by atoms with Gasteiger partial charge >= 0.3 is 0 Å². The highest BCUT2D eigenvalue weighted by atomic mass is 32.1. The first-order valence-corrected chi connectivity index (χ1v) is 11.2. The average Bonchev–Trinajstić information content (AvgIpc) is 3.28. The third-order valence-corrected chi connectivity index (χ3v) is 6.08. The number of rotatable bonds is 6. The number of ether oxygens (including phenoxy) is 1. The Labute approximate surface area is 192 Å². The Morgan fingerprint density at radius 3 is 2.76 bits per heavy atom. The average molecular weight is 458 g/mol. The predicted octanol–water partition coefficient (Wildman–Crippen LogP) is 5.04. The van der Waals surface area contributed by atoms with Crippen LogP contribution < -0.4 is 15.1 Å². The summed E-state index contributed by atoms with van der Waals surface area (Å²) in [5, 5.41) is 0.885. The number of benzene rings is 2. The minimum Gasteiger partial charge on any atom is -0.492 e. The second-order valence-electron chi connectivity index (χ2n) is 7.22. The Balaban J connectivity index is 1.62. The van der Waals surface area contributed by atoms with E-state index in [4.69, 9.17) is 14.1 Å². The molecule has 2 aromatic carbocycles. The van der Waals surface area contributed by atoms with Gasteiger partial charge in [-0.15, -0.1) is 0 Å². The summed E-state index contributed by atoms with van der Waals surface area (Å²) in [5.41, 5.74) is 1.44. The van der Waals surface area contributed by atoms with E-state index in [0.717, 1.165) is 4.70 Å². The topological polar surface area (TPSA) is 85.5 Å². The molecule has 0 saturated carbocycles. The number of carbonyl (C=O) groups excluding carboxylic acids is 1. The summed E-state index contributed by atoms with van der Waals surface area (Å²) in [6.07, 6.45) is 1.67. The molecule has 0 spiro atoms. The highest BCUT2D eigenvalue weighted by Gasteiger charge is 2.25. The molecule has 0 aliphatic heterocycles. The molecular formula is C25H19N3O4S. The van der Waals surface area contributed by atoms with Crippen molar-refractivity contribution in [2.75, 3.05) is 11.5 Å². The number of thiazole rings is 1. The molecule has 0 bridgehead atoms. The number of amides is 1. The van der Waals surface area contributed by atoms with Crippen molar-refractivity contribution in [3.8, 4) is 5.75 Å². The number of pyridine rings is 1. The van der Waals surface area contributed by atoms with Crippen molar-refractivity contribution in [3.63, 3.8) is 0 Å².